The average Bonchev–Trinajstić information content (AvgIpc) is 2.60. The summed E-state index contributed by atoms with van der Waals surface area (Å²) in [6.45, 7) is 4.04. The van der Waals surface area contributed by atoms with Gasteiger partial charge in [-0.1, -0.05) is 32.0 Å². The molecular weight excluding hydrogens is 174 g/mol. The normalized spacial score (nSPS) is 13.7. The maximum absolute atomic E-state index is 9.96. The Hall–Kier alpha value is -1.28. The fraction of sp³-hybridized carbons (Fsp3) is 0.333. The third kappa shape index (κ3) is 1.42. The highest BCUT2D eigenvalue weighted by Gasteiger charge is 2.15. The second kappa shape index (κ2) is 3.46. The van der Waals surface area contributed by atoms with Gasteiger partial charge >= 0.3 is 0 Å². The van der Waals surface area contributed by atoms with E-state index in [4.69, 9.17) is 0 Å². The van der Waals surface area contributed by atoms with Crippen molar-refractivity contribution >= 4 is 10.9 Å². The van der Waals surface area contributed by atoms with Crippen molar-refractivity contribution in [1.29, 1.82) is 0 Å². The molecule has 2 rings (SSSR count). The summed E-state index contributed by atoms with van der Waals surface area (Å²) in [6.07, 6.45) is 1.51. The van der Waals surface area contributed by atoms with Crippen LogP contribution in [0.25, 0.3) is 10.9 Å². The molecule has 2 N–H and O–H groups in total. The minimum Gasteiger partial charge on any atom is -0.388 e. The van der Waals surface area contributed by atoms with Crippen LogP contribution in [0.2, 0.25) is 0 Å². The molecule has 1 aromatic heterocycles. The number of para-hydroxylation sites is 1. The molecule has 1 aromatic carbocycles. The highest BCUT2D eigenvalue weighted by Crippen LogP contribution is 2.28. The molecule has 1 heterocycles. The van der Waals surface area contributed by atoms with Gasteiger partial charge in [0.1, 0.15) is 0 Å². The molecule has 0 saturated heterocycles. The molecular formula is C12H15NO. The van der Waals surface area contributed by atoms with Crippen LogP contribution in [0.4, 0.5) is 0 Å². The molecule has 0 spiro atoms. The summed E-state index contributed by atoms with van der Waals surface area (Å²) in [7, 11) is 0. The van der Waals surface area contributed by atoms with Gasteiger partial charge < -0.3 is 10.1 Å². The molecule has 0 amide bonds. The molecule has 2 aromatic rings. The van der Waals surface area contributed by atoms with Crippen LogP contribution in [0.1, 0.15) is 25.5 Å². The van der Waals surface area contributed by atoms with Gasteiger partial charge in [-0.3, -0.25) is 0 Å². The minimum absolute atomic E-state index is 0.245. The van der Waals surface area contributed by atoms with Gasteiger partial charge in [-0.2, -0.15) is 0 Å². The number of nitrogens with one attached hydrogen (secondary N) is 1. The Morgan fingerprint density at radius 3 is 2.64 bits per heavy atom. The lowest BCUT2D eigenvalue weighted by molar-refractivity contribution is 0.128. The number of aliphatic hydroxyl groups excluding tert-OH is 1. The second-order valence-electron chi connectivity index (χ2n) is 3.98. The molecule has 0 aliphatic heterocycles. The van der Waals surface area contributed by atoms with E-state index in [1.165, 1.54) is 0 Å². The van der Waals surface area contributed by atoms with Crippen LogP contribution >= 0.6 is 0 Å². The van der Waals surface area contributed by atoms with E-state index in [-0.39, 0.29) is 12.0 Å². The van der Waals surface area contributed by atoms with Crippen molar-refractivity contribution in [3.8, 4) is 0 Å². The summed E-state index contributed by atoms with van der Waals surface area (Å²) in [6, 6.07) is 8.04. The largest absolute Gasteiger partial charge is 0.388 e. The number of benzene rings is 1. The van der Waals surface area contributed by atoms with E-state index in [0.717, 1.165) is 16.5 Å². The number of hydrogen-bond acceptors (Lipinski definition) is 1. The fourth-order valence-corrected chi connectivity index (χ4v) is 1.70. The zero-order valence-electron chi connectivity index (χ0n) is 8.49. The predicted molar refractivity (Wildman–Crippen MR) is 58.1 cm³/mol. The lowest BCUT2D eigenvalue weighted by Gasteiger charge is -2.13. The van der Waals surface area contributed by atoms with E-state index < -0.39 is 0 Å². The van der Waals surface area contributed by atoms with E-state index in [2.05, 4.69) is 4.98 Å². The molecule has 1 unspecified atom stereocenters. The summed E-state index contributed by atoms with van der Waals surface area (Å²) < 4.78 is 0. The van der Waals surface area contributed by atoms with Gasteiger partial charge in [-0.15, -0.1) is 0 Å². The van der Waals surface area contributed by atoms with Crippen LogP contribution in [0.5, 0.6) is 0 Å². The lowest BCUT2D eigenvalue weighted by atomic mass is 9.99. The molecule has 14 heavy (non-hydrogen) atoms. The minimum atomic E-state index is -0.383. The molecule has 74 valence electrons. The van der Waals surface area contributed by atoms with E-state index in [1.54, 1.807) is 0 Å². The molecule has 1 atom stereocenters. The van der Waals surface area contributed by atoms with Crippen LogP contribution in [-0.2, 0) is 0 Å². The lowest BCUT2D eigenvalue weighted by Crippen LogP contribution is -2.04. The maximum atomic E-state index is 9.96. The monoisotopic (exact) mass is 189 g/mol. The first-order valence-electron chi connectivity index (χ1n) is 4.94. The van der Waals surface area contributed by atoms with E-state index in [0.29, 0.717) is 0 Å². The fourth-order valence-electron chi connectivity index (χ4n) is 1.70. The van der Waals surface area contributed by atoms with Gasteiger partial charge in [0, 0.05) is 22.7 Å². The van der Waals surface area contributed by atoms with Crippen molar-refractivity contribution in [3.63, 3.8) is 0 Å². The third-order valence-corrected chi connectivity index (χ3v) is 2.57. The Bertz CT molecular complexity index is 431. The quantitative estimate of drug-likeness (QED) is 0.748. The Kier molecular flexibility index (Phi) is 2.30. The molecule has 0 radical (unpaired) electrons. The summed E-state index contributed by atoms with van der Waals surface area (Å²) in [4.78, 5) is 3.16. The molecule has 0 saturated carbocycles. The number of fused-ring (bicyclic) bond motifs is 1. The second-order valence-corrected chi connectivity index (χ2v) is 3.98. The van der Waals surface area contributed by atoms with Gasteiger partial charge in [0.15, 0.2) is 0 Å². The molecule has 0 bridgehead atoms. The summed E-state index contributed by atoms with van der Waals surface area (Å²) >= 11 is 0. The molecule has 2 nitrogen and oxygen atoms in total. The van der Waals surface area contributed by atoms with Crippen molar-refractivity contribution in [1.82, 2.24) is 4.98 Å². The number of H-pyrrole nitrogens is 1. The van der Waals surface area contributed by atoms with Crippen molar-refractivity contribution in [2.45, 2.75) is 20.0 Å². The van der Waals surface area contributed by atoms with Crippen molar-refractivity contribution in [3.05, 3.63) is 36.0 Å². The highest BCUT2D eigenvalue weighted by molar-refractivity contribution is 5.83. The van der Waals surface area contributed by atoms with Crippen molar-refractivity contribution in [2.24, 2.45) is 5.92 Å². The number of aromatic nitrogens is 1. The van der Waals surface area contributed by atoms with Crippen LogP contribution < -0.4 is 0 Å². The zero-order valence-corrected chi connectivity index (χ0v) is 8.49. The van der Waals surface area contributed by atoms with E-state index in [1.807, 2.05) is 44.3 Å². The first kappa shape index (κ1) is 9.28. The first-order chi connectivity index (χ1) is 6.70. The van der Waals surface area contributed by atoms with Gasteiger partial charge in [0.25, 0.3) is 0 Å². The van der Waals surface area contributed by atoms with Crippen LogP contribution in [0, 0.1) is 5.92 Å². The van der Waals surface area contributed by atoms with Crippen molar-refractivity contribution in [2.75, 3.05) is 0 Å². The third-order valence-electron chi connectivity index (χ3n) is 2.57. The van der Waals surface area contributed by atoms with Crippen LogP contribution in [0.15, 0.2) is 30.5 Å². The molecule has 2 heteroatoms. The van der Waals surface area contributed by atoms with E-state index in [9.17, 15) is 5.11 Å². The summed E-state index contributed by atoms with van der Waals surface area (Å²) in [5.41, 5.74) is 2.08. The average molecular weight is 189 g/mol. The maximum Gasteiger partial charge on any atom is 0.0833 e. The highest BCUT2D eigenvalue weighted by atomic mass is 16.3. The number of aromatic amines is 1. The smallest absolute Gasteiger partial charge is 0.0833 e. The van der Waals surface area contributed by atoms with Crippen molar-refractivity contribution < 1.29 is 5.11 Å². The Labute approximate surface area is 83.6 Å². The molecule has 0 aliphatic carbocycles. The zero-order chi connectivity index (χ0) is 10.1. The van der Waals surface area contributed by atoms with Gasteiger partial charge in [0.05, 0.1) is 6.10 Å². The standard InChI is InChI=1S/C12H15NO/c1-8(2)12(14)10-7-13-11-6-4-3-5-9(10)11/h3-8,12-14H,1-2H3. The Morgan fingerprint density at radius 2 is 1.93 bits per heavy atom. The number of rotatable bonds is 2. The Morgan fingerprint density at radius 1 is 1.21 bits per heavy atom. The predicted octanol–water partition coefficient (Wildman–Crippen LogP) is 2.86. The van der Waals surface area contributed by atoms with Gasteiger partial charge in [0.2, 0.25) is 0 Å². The first-order valence-corrected chi connectivity index (χ1v) is 4.94. The Balaban J connectivity index is 2.53. The van der Waals surface area contributed by atoms with Gasteiger partial charge in [-0.25, -0.2) is 0 Å². The van der Waals surface area contributed by atoms with E-state index >= 15 is 0 Å². The summed E-state index contributed by atoms with van der Waals surface area (Å²) in [5.74, 6) is 0.245. The number of hydrogen-bond donors (Lipinski definition) is 2. The number of aliphatic hydroxyl groups is 1. The SMILES string of the molecule is CC(C)C(O)c1c[nH]c2ccccc12. The molecule has 0 fully saturated rings. The molecule has 0 aliphatic rings. The summed E-state index contributed by atoms with van der Waals surface area (Å²) in [5, 5.41) is 11.1. The van der Waals surface area contributed by atoms with Gasteiger partial charge in [-0.05, 0) is 12.0 Å². The van der Waals surface area contributed by atoms with Crippen LogP contribution in [0.3, 0.4) is 0 Å². The van der Waals surface area contributed by atoms with Crippen LogP contribution in [-0.4, -0.2) is 10.1 Å². The topological polar surface area (TPSA) is 36.0 Å².